The number of ketones is 1. The van der Waals surface area contributed by atoms with E-state index in [2.05, 4.69) is 0 Å². The number of amides is 1. The van der Waals surface area contributed by atoms with Crippen molar-refractivity contribution in [1.29, 1.82) is 0 Å². The van der Waals surface area contributed by atoms with E-state index in [9.17, 15) is 14.7 Å². The van der Waals surface area contributed by atoms with Gasteiger partial charge in [-0.05, 0) is 55.3 Å². The highest BCUT2D eigenvalue weighted by Crippen LogP contribution is 2.40. The molecule has 2 aromatic carbocycles. The molecular weight excluding hydrogens is 398 g/mol. The van der Waals surface area contributed by atoms with Crippen molar-refractivity contribution in [2.45, 2.75) is 19.4 Å². The quantitative estimate of drug-likeness (QED) is 0.286. The predicted octanol–water partition coefficient (Wildman–Crippen LogP) is 3.55. The lowest BCUT2D eigenvalue weighted by Gasteiger charge is -2.25. The molecule has 31 heavy (non-hydrogen) atoms. The number of aliphatic hydroxyl groups is 1. The van der Waals surface area contributed by atoms with Gasteiger partial charge in [-0.15, -0.1) is 0 Å². The Morgan fingerprint density at radius 2 is 1.81 bits per heavy atom. The van der Waals surface area contributed by atoms with Crippen LogP contribution in [0.4, 0.5) is 0 Å². The number of nitrogens with zero attached hydrogens (tertiary/aromatic N) is 1. The number of aliphatic hydroxyl groups excluding tert-OH is 1. The van der Waals surface area contributed by atoms with Gasteiger partial charge in [0.25, 0.3) is 11.7 Å². The average Bonchev–Trinajstić information content (AvgIpc) is 3.04. The molecule has 0 spiro atoms. The van der Waals surface area contributed by atoms with Crippen molar-refractivity contribution in [3.63, 3.8) is 0 Å². The molecule has 1 heterocycles. The third-order valence-electron chi connectivity index (χ3n) is 5.14. The molecule has 1 unspecified atom stereocenters. The molecule has 0 aromatic heterocycles. The lowest BCUT2D eigenvalue weighted by atomic mass is 9.95. The predicted molar refractivity (Wildman–Crippen MR) is 116 cm³/mol. The highest BCUT2D eigenvalue weighted by Gasteiger charge is 2.45. The Hall–Kier alpha value is -3.32. The van der Waals surface area contributed by atoms with Crippen LogP contribution in [-0.2, 0) is 14.3 Å². The zero-order valence-corrected chi connectivity index (χ0v) is 18.0. The lowest BCUT2D eigenvalue weighted by Crippen LogP contribution is -2.31. The molecular formula is C24H27NO6. The van der Waals surface area contributed by atoms with Crippen LogP contribution in [0.1, 0.15) is 30.5 Å². The van der Waals surface area contributed by atoms with E-state index in [-0.39, 0.29) is 11.3 Å². The Kier molecular flexibility index (Phi) is 7.31. The first kappa shape index (κ1) is 22.4. The van der Waals surface area contributed by atoms with Crippen LogP contribution in [0.3, 0.4) is 0 Å². The van der Waals surface area contributed by atoms with E-state index in [4.69, 9.17) is 14.2 Å². The molecule has 1 aliphatic heterocycles. The Bertz CT molecular complexity index is 966. The minimum Gasteiger partial charge on any atom is -0.507 e. The largest absolute Gasteiger partial charge is 0.507 e. The first-order valence-electron chi connectivity index (χ1n) is 10.2. The summed E-state index contributed by atoms with van der Waals surface area (Å²) in [7, 11) is 3.13. The van der Waals surface area contributed by atoms with Crippen molar-refractivity contribution in [3.05, 3.63) is 65.2 Å². The van der Waals surface area contributed by atoms with Gasteiger partial charge in [-0.25, -0.2) is 0 Å². The second-order valence-corrected chi connectivity index (χ2v) is 7.07. The van der Waals surface area contributed by atoms with Gasteiger partial charge in [0.1, 0.15) is 17.3 Å². The SMILES string of the molecule is CCOc1cccc(C2/C(=C(\O)c3ccc(OC)cc3)C(=O)C(=O)N2CCCOC)c1. The highest BCUT2D eigenvalue weighted by molar-refractivity contribution is 6.46. The third kappa shape index (κ3) is 4.72. The van der Waals surface area contributed by atoms with Crippen molar-refractivity contribution in [2.75, 3.05) is 34.0 Å². The second-order valence-electron chi connectivity index (χ2n) is 7.07. The Labute approximate surface area is 181 Å². The van der Waals surface area contributed by atoms with Crippen LogP contribution in [0.5, 0.6) is 11.5 Å². The second kappa shape index (κ2) is 10.1. The zero-order chi connectivity index (χ0) is 22.4. The maximum absolute atomic E-state index is 13.0. The van der Waals surface area contributed by atoms with Gasteiger partial charge in [0.2, 0.25) is 0 Å². The smallest absolute Gasteiger partial charge is 0.295 e. The van der Waals surface area contributed by atoms with Gasteiger partial charge in [-0.2, -0.15) is 0 Å². The number of Topliss-reactive ketones (excluding diaryl/α,β-unsaturated/α-hetero) is 1. The van der Waals surface area contributed by atoms with Gasteiger partial charge in [0, 0.05) is 25.8 Å². The van der Waals surface area contributed by atoms with Crippen molar-refractivity contribution in [1.82, 2.24) is 4.90 Å². The first-order valence-corrected chi connectivity index (χ1v) is 10.2. The molecule has 0 radical (unpaired) electrons. The summed E-state index contributed by atoms with van der Waals surface area (Å²) in [5.41, 5.74) is 1.18. The average molecular weight is 425 g/mol. The lowest BCUT2D eigenvalue weighted by molar-refractivity contribution is -0.140. The molecule has 2 aromatic rings. The molecule has 164 valence electrons. The van der Waals surface area contributed by atoms with E-state index in [1.807, 2.05) is 25.1 Å². The molecule has 1 saturated heterocycles. The van der Waals surface area contributed by atoms with Crippen molar-refractivity contribution in [3.8, 4) is 11.5 Å². The molecule has 1 atom stereocenters. The van der Waals surface area contributed by atoms with Crippen LogP contribution >= 0.6 is 0 Å². The number of benzene rings is 2. The van der Waals surface area contributed by atoms with Crippen LogP contribution in [0.2, 0.25) is 0 Å². The molecule has 3 rings (SSSR count). The third-order valence-corrected chi connectivity index (χ3v) is 5.14. The fourth-order valence-electron chi connectivity index (χ4n) is 3.68. The molecule has 0 saturated carbocycles. The summed E-state index contributed by atoms with van der Waals surface area (Å²) in [5.74, 6) is -0.318. The summed E-state index contributed by atoms with van der Waals surface area (Å²) in [6, 6.07) is 13.2. The molecule has 1 N–H and O–H groups in total. The van der Waals surface area contributed by atoms with E-state index in [0.717, 1.165) is 0 Å². The van der Waals surface area contributed by atoms with Crippen LogP contribution in [0, 0.1) is 0 Å². The number of carbonyl (C=O) groups is 2. The summed E-state index contributed by atoms with van der Waals surface area (Å²) < 4.78 is 15.9. The molecule has 7 nitrogen and oxygen atoms in total. The maximum atomic E-state index is 13.0. The standard InChI is InChI=1S/C24H27NO6/c1-4-31-19-8-5-7-17(15-19)21-20(22(26)16-9-11-18(30-3)12-10-16)23(27)24(28)25(21)13-6-14-29-2/h5,7-12,15,21,26H,4,6,13-14H2,1-3H3/b22-20+. The molecule has 1 aliphatic rings. The van der Waals surface area contributed by atoms with Crippen molar-refractivity contribution < 1.29 is 28.9 Å². The van der Waals surface area contributed by atoms with Crippen LogP contribution < -0.4 is 9.47 Å². The molecule has 1 fully saturated rings. The maximum Gasteiger partial charge on any atom is 0.295 e. The van der Waals surface area contributed by atoms with E-state index < -0.39 is 17.7 Å². The van der Waals surface area contributed by atoms with Crippen LogP contribution in [0.25, 0.3) is 5.76 Å². The number of carbonyl (C=O) groups excluding carboxylic acids is 2. The van der Waals surface area contributed by atoms with Crippen molar-refractivity contribution >= 4 is 17.4 Å². The first-order chi connectivity index (χ1) is 15.0. The number of rotatable bonds is 9. The summed E-state index contributed by atoms with van der Waals surface area (Å²) >= 11 is 0. The van der Waals surface area contributed by atoms with E-state index in [1.165, 1.54) is 4.90 Å². The number of likely N-dealkylation sites (tertiary alicyclic amines) is 1. The van der Waals surface area contributed by atoms with E-state index in [1.54, 1.807) is 44.6 Å². The van der Waals surface area contributed by atoms with E-state index >= 15 is 0 Å². The van der Waals surface area contributed by atoms with Gasteiger partial charge in [-0.1, -0.05) is 12.1 Å². The number of hydrogen-bond acceptors (Lipinski definition) is 6. The minimum absolute atomic E-state index is 0.0567. The summed E-state index contributed by atoms with van der Waals surface area (Å²) in [6.45, 7) is 3.14. The van der Waals surface area contributed by atoms with Gasteiger partial charge in [-0.3, -0.25) is 9.59 Å². The summed E-state index contributed by atoms with van der Waals surface area (Å²) in [4.78, 5) is 27.4. The van der Waals surface area contributed by atoms with Crippen LogP contribution in [-0.4, -0.2) is 55.7 Å². The number of ether oxygens (including phenoxy) is 3. The summed E-state index contributed by atoms with van der Waals surface area (Å²) in [5, 5.41) is 11.0. The van der Waals surface area contributed by atoms with Crippen LogP contribution in [0.15, 0.2) is 54.1 Å². The molecule has 0 bridgehead atoms. The summed E-state index contributed by atoms with van der Waals surface area (Å²) in [6.07, 6.45) is 0.563. The number of hydrogen-bond donors (Lipinski definition) is 1. The van der Waals surface area contributed by atoms with E-state index in [0.29, 0.717) is 48.8 Å². The van der Waals surface area contributed by atoms with Gasteiger partial charge >= 0.3 is 0 Å². The van der Waals surface area contributed by atoms with Gasteiger partial charge in [0.05, 0.1) is 25.3 Å². The molecule has 1 amide bonds. The molecule has 0 aliphatic carbocycles. The fraction of sp³-hybridized carbons (Fsp3) is 0.333. The fourth-order valence-corrected chi connectivity index (χ4v) is 3.68. The zero-order valence-electron chi connectivity index (χ0n) is 18.0. The topological polar surface area (TPSA) is 85.3 Å². The highest BCUT2D eigenvalue weighted by atomic mass is 16.5. The normalized spacial score (nSPS) is 17.8. The number of methoxy groups -OCH3 is 2. The van der Waals surface area contributed by atoms with Crippen molar-refractivity contribution in [2.24, 2.45) is 0 Å². The monoisotopic (exact) mass is 425 g/mol. The van der Waals surface area contributed by atoms with Gasteiger partial charge < -0.3 is 24.2 Å². The Balaban J connectivity index is 2.10. The minimum atomic E-state index is -0.723. The van der Waals surface area contributed by atoms with Gasteiger partial charge in [0.15, 0.2) is 0 Å². The molecule has 7 heteroatoms. The Morgan fingerprint density at radius 3 is 2.45 bits per heavy atom. The Morgan fingerprint density at radius 1 is 1.06 bits per heavy atom.